The fraction of sp³-hybridized carbons (Fsp3) is 0.133. The number of ether oxygens (including phenoxy) is 1. The molecule has 41 heavy (non-hydrogen) atoms. The van der Waals surface area contributed by atoms with E-state index in [0.29, 0.717) is 17.0 Å². The Morgan fingerprint density at radius 2 is 1.61 bits per heavy atom. The SMILES string of the molecule is Cc1ccc(N2C(=O)NC(=O)/C(=C\c3cc(C)n(-c4ccc(Oc5ccc([N+](=O)[O-])cn5)cc4)c3C)C2=O)cc1C. The molecule has 11 nitrogen and oxygen atoms in total. The molecular weight excluding hydrogens is 526 g/mol. The lowest BCUT2D eigenvalue weighted by molar-refractivity contribution is -0.385. The summed E-state index contributed by atoms with van der Waals surface area (Å²) in [7, 11) is 0. The summed E-state index contributed by atoms with van der Waals surface area (Å²) in [6.07, 6.45) is 2.62. The molecule has 0 radical (unpaired) electrons. The quantitative estimate of drug-likeness (QED) is 0.145. The first-order valence-electron chi connectivity index (χ1n) is 12.6. The lowest BCUT2D eigenvalue weighted by Crippen LogP contribution is -2.54. The average Bonchev–Trinajstić information content (AvgIpc) is 3.21. The van der Waals surface area contributed by atoms with Crippen LogP contribution in [0.2, 0.25) is 0 Å². The van der Waals surface area contributed by atoms with Gasteiger partial charge in [-0.3, -0.25) is 25.0 Å². The summed E-state index contributed by atoms with van der Waals surface area (Å²) in [6.45, 7) is 7.57. The van der Waals surface area contributed by atoms with E-state index < -0.39 is 22.8 Å². The fourth-order valence-corrected chi connectivity index (χ4v) is 4.57. The van der Waals surface area contributed by atoms with E-state index in [0.717, 1.165) is 39.3 Å². The number of amides is 4. The topological polar surface area (TPSA) is 137 Å². The second kappa shape index (κ2) is 10.5. The molecule has 0 unspecified atom stereocenters. The number of rotatable bonds is 6. The normalized spacial score (nSPS) is 14.4. The maximum Gasteiger partial charge on any atom is 0.335 e. The zero-order valence-corrected chi connectivity index (χ0v) is 22.7. The lowest BCUT2D eigenvalue weighted by atomic mass is 10.1. The van der Waals surface area contributed by atoms with Gasteiger partial charge in [0.15, 0.2) is 0 Å². The number of aryl methyl sites for hydroxylation is 3. The Hall–Kier alpha value is -5.58. The van der Waals surface area contributed by atoms with Gasteiger partial charge in [0.1, 0.15) is 17.5 Å². The number of nitrogens with one attached hydrogen (secondary N) is 1. The number of hydrogen-bond donors (Lipinski definition) is 1. The predicted octanol–water partition coefficient (Wildman–Crippen LogP) is 5.47. The van der Waals surface area contributed by atoms with Crippen molar-refractivity contribution in [3.8, 4) is 17.3 Å². The highest BCUT2D eigenvalue weighted by atomic mass is 16.6. The molecule has 0 atom stereocenters. The average molecular weight is 552 g/mol. The van der Waals surface area contributed by atoms with Crippen molar-refractivity contribution in [1.29, 1.82) is 0 Å². The number of hydrogen-bond acceptors (Lipinski definition) is 7. The molecule has 4 amide bonds. The van der Waals surface area contributed by atoms with Crippen LogP contribution in [0.1, 0.15) is 28.1 Å². The highest BCUT2D eigenvalue weighted by Crippen LogP contribution is 2.28. The molecule has 0 aliphatic carbocycles. The molecule has 0 saturated carbocycles. The van der Waals surface area contributed by atoms with Gasteiger partial charge in [0, 0.05) is 29.2 Å². The van der Waals surface area contributed by atoms with E-state index in [4.69, 9.17) is 4.74 Å². The van der Waals surface area contributed by atoms with Gasteiger partial charge >= 0.3 is 6.03 Å². The van der Waals surface area contributed by atoms with Crippen molar-refractivity contribution in [2.45, 2.75) is 27.7 Å². The summed E-state index contributed by atoms with van der Waals surface area (Å²) in [5.41, 5.74) is 5.10. The molecule has 5 rings (SSSR count). The summed E-state index contributed by atoms with van der Waals surface area (Å²) in [5, 5.41) is 13.1. The van der Waals surface area contributed by atoms with Gasteiger partial charge in [0.05, 0.1) is 10.6 Å². The second-order valence-corrected chi connectivity index (χ2v) is 9.60. The number of imide groups is 2. The number of benzene rings is 2. The minimum atomic E-state index is -0.794. The monoisotopic (exact) mass is 551 g/mol. The third kappa shape index (κ3) is 5.20. The van der Waals surface area contributed by atoms with E-state index in [1.165, 1.54) is 18.2 Å². The molecule has 206 valence electrons. The van der Waals surface area contributed by atoms with Crippen molar-refractivity contribution in [1.82, 2.24) is 14.9 Å². The van der Waals surface area contributed by atoms with Crippen LogP contribution in [0.5, 0.6) is 11.6 Å². The standard InChI is InChI=1S/C30H25N5O6/c1-17-5-6-23(13-18(17)2)34-29(37)26(28(36)32-30(34)38)15-21-14-19(3)33(20(21)4)22-7-10-25(11-8-22)41-27-12-9-24(16-31-27)35(39)40/h5-16H,1-4H3,(H,32,36,38)/b26-15+. The van der Waals surface area contributed by atoms with Crippen LogP contribution >= 0.6 is 0 Å². The molecule has 3 heterocycles. The molecule has 1 fully saturated rings. The lowest BCUT2D eigenvalue weighted by Gasteiger charge is -2.26. The van der Waals surface area contributed by atoms with Crippen molar-refractivity contribution >= 4 is 35.3 Å². The predicted molar refractivity (Wildman–Crippen MR) is 151 cm³/mol. The number of aromatic nitrogens is 2. The van der Waals surface area contributed by atoms with Crippen LogP contribution in [-0.2, 0) is 9.59 Å². The molecule has 11 heteroatoms. The number of urea groups is 1. The highest BCUT2D eigenvalue weighted by molar-refractivity contribution is 6.39. The van der Waals surface area contributed by atoms with Gasteiger partial charge in [-0.05, 0) is 92.9 Å². The minimum absolute atomic E-state index is 0.131. The first-order chi connectivity index (χ1) is 19.5. The number of nitro groups is 1. The van der Waals surface area contributed by atoms with Crippen molar-refractivity contribution in [3.63, 3.8) is 0 Å². The van der Waals surface area contributed by atoms with Crippen LogP contribution in [0.25, 0.3) is 11.8 Å². The molecule has 1 aliphatic rings. The molecular formula is C30H25N5O6. The third-order valence-electron chi connectivity index (χ3n) is 6.87. The number of barbiturate groups is 1. The van der Waals surface area contributed by atoms with Crippen LogP contribution in [-0.4, -0.2) is 32.3 Å². The van der Waals surface area contributed by atoms with E-state index in [1.807, 2.05) is 56.5 Å². The van der Waals surface area contributed by atoms with Gasteiger partial charge in [0.2, 0.25) is 5.88 Å². The molecule has 0 bridgehead atoms. The number of anilines is 1. The van der Waals surface area contributed by atoms with E-state index in [2.05, 4.69) is 10.3 Å². The smallest absolute Gasteiger partial charge is 0.335 e. The van der Waals surface area contributed by atoms with Gasteiger partial charge < -0.3 is 9.30 Å². The summed E-state index contributed by atoms with van der Waals surface area (Å²) >= 11 is 0. The first-order valence-corrected chi connectivity index (χ1v) is 12.6. The number of carbonyl (C=O) groups is 3. The van der Waals surface area contributed by atoms with Gasteiger partial charge in [-0.1, -0.05) is 6.07 Å². The molecule has 2 aromatic carbocycles. The third-order valence-corrected chi connectivity index (χ3v) is 6.87. The van der Waals surface area contributed by atoms with Crippen LogP contribution < -0.4 is 15.0 Å². The molecule has 2 aromatic heterocycles. The van der Waals surface area contributed by atoms with Crippen molar-refractivity contribution in [3.05, 3.63) is 111 Å². The van der Waals surface area contributed by atoms with Crippen molar-refractivity contribution in [2.24, 2.45) is 0 Å². The van der Waals surface area contributed by atoms with Gasteiger partial charge in [-0.25, -0.2) is 14.7 Å². The number of pyridine rings is 1. The van der Waals surface area contributed by atoms with Gasteiger partial charge in [-0.2, -0.15) is 0 Å². The Bertz CT molecular complexity index is 1750. The highest BCUT2D eigenvalue weighted by Gasteiger charge is 2.37. The molecule has 1 N–H and O–H groups in total. The number of carbonyl (C=O) groups excluding carboxylic acids is 3. The maximum atomic E-state index is 13.4. The summed E-state index contributed by atoms with van der Waals surface area (Å²) in [4.78, 5) is 53.9. The van der Waals surface area contributed by atoms with Crippen LogP contribution in [0.15, 0.2) is 72.4 Å². The molecule has 1 saturated heterocycles. The maximum absolute atomic E-state index is 13.4. The van der Waals surface area contributed by atoms with E-state index in [9.17, 15) is 24.5 Å². The fourth-order valence-electron chi connectivity index (χ4n) is 4.57. The summed E-state index contributed by atoms with van der Waals surface area (Å²) in [6, 6.07) is 16.1. The second-order valence-electron chi connectivity index (χ2n) is 9.60. The molecule has 1 aliphatic heterocycles. The Kier molecular flexibility index (Phi) is 6.94. The van der Waals surface area contributed by atoms with E-state index >= 15 is 0 Å². The van der Waals surface area contributed by atoms with E-state index in [1.54, 1.807) is 24.3 Å². The van der Waals surface area contributed by atoms with Gasteiger partial charge in [0.25, 0.3) is 17.5 Å². The van der Waals surface area contributed by atoms with Crippen molar-refractivity contribution < 1.29 is 24.0 Å². The molecule has 0 spiro atoms. The minimum Gasteiger partial charge on any atom is -0.439 e. The zero-order valence-electron chi connectivity index (χ0n) is 22.7. The van der Waals surface area contributed by atoms with Crippen LogP contribution in [0.3, 0.4) is 0 Å². The molecule has 4 aromatic rings. The Balaban J connectivity index is 1.41. The van der Waals surface area contributed by atoms with Crippen molar-refractivity contribution in [2.75, 3.05) is 4.90 Å². The van der Waals surface area contributed by atoms with E-state index in [-0.39, 0.29) is 17.1 Å². The van der Waals surface area contributed by atoms with Crippen LogP contribution in [0, 0.1) is 37.8 Å². The number of nitrogens with zero attached hydrogens (tertiary/aromatic N) is 4. The summed E-state index contributed by atoms with van der Waals surface area (Å²) in [5.74, 6) is -0.755. The van der Waals surface area contributed by atoms with Gasteiger partial charge in [-0.15, -0.1) is 0 Å². The Labute approximate surface area is 234 Å². The zero-order chi connectivity index (χ0) is 29.4. The largest absolute Gasteiger partial charge is 0.439 e. The Morgan fingerprint density at radius 1 is 0.902 bits per heavy atom. The summed E-state index contributed by atoms with van der Waals surface area (Å²) < 4.78 is 7.65. The van der Waals surface area contributed by atoms with Crippen LogP contribution in [0.4, 0.5) is 16.2 Å². The Morgan fingerprint density at radius 3 is 2.24 bits per heavy atom. The first kappa shape index (κ1) is 27.0.